The molecule has 0 aliphatic rings. The van der Waals surface area contributed by atoms with Crippen molar-refractivity contribution in [3.8, 4) is 56.3 Å². The highest BCUT2D eigenvalue weighted by molar-refractivity contribution is 6.33. The molecule has 5 heteroatoms. The largest absolute Gasteiger partial charge is 0.355 e. The van der Waals surface area contributed by atoms with E-state index < -0.39 is 0 Å². The minimum Gasteiger partial charge on any atom is -0.355 e. The van der Waals surface area contributed by atoms with Gasteiger partial charge in [0, 0.05) is 66.1 Å². The van der Waals surface area contributed by atoms with Gasteiger partial charge in [0.1, 0.15) is 0 Å². The smallest absolute Gasteiger partial charge is 0.235 e. The van der Waals surface area contributed by atoms with Gasteiger partial charge in [-0.3, -0.25) is 4.57 Å². The lowest BCUT2D eigenvalue weighted by Crippen LogP contribution is -2.03. The number of aromatic nitrogens is 4. The van der Waals surface area contributed by atoms with Gasteiger partial charge >= 0.3 is 0 Å². The molecule has 0 radical (unpaired) electrons. The summed E-state index contributed by atoms with van der Waals surface area (Å²) in [6.07, 6.45) is 0. The quantitative estimate of drug-likeness (QED) is 0.165. The Morgan fingerprint density at radius 2 is 1.03 bits per heavy atom. The fourth-order valence-electron chi connectivity index (χ4n) is 10.8. The van der Waals surface area contributed by atoms with E-state index in [1.807, 2.05) is 18.2 Å². The molecule has 1 N–H and O–H groups in total. The maximum absolute atomic E-state index is 5.43. The Bertz CT molecular complexity index is 4350. The topological polar surface area (TPSA) is 47.7 Å². The number of hydrogen-bond acceptors (Lipinski definition) is 3. The van der Waals surface area contributed by atoms with E-state index in [-0.39, 0.29) is 0 Å². The van der Waals surface area contributed by atoms with Crippen LogP contribution >= 0.6 is 0 Å². The lowest BCUT2D eigenvalue weighted by molar-refractivity contribution is 1.01. The van der Waals surface area contributed by atoms with Crippen molar-refractivity contribution >= 4 is 76.7 Å². The summed E-state index contributed by atoms with van der Waals surface area (Å²) in [4.78, 5) is 10.7. The third kappa shape index (κ3) is 6.73. The zero-order chi connectivity index (χ0) is 46.8. The molecule has 0 spiro atoms. The van der Waals surface area contributed by atoms with Crippen molar-refractivity contribution in [2.45, 2.75) is 0 Å². The number of rotatable bonds is 8. The molecule has 0 bridgehead atoms. The van der Waals surface area contributed by atoms with Gasteiger partial charge in [0.25, 0.3) is 0 Å². The van der Waals surface area contributed by atoms with E-state index >= 15 is 0 Å². The van der Waals surface area contributed by atoms with E-state index in [9.17, 15) is 0 Å². The molecule has 0 saturated carbocycles. The second-order valence-electron chi connectivity index (χ2n) is 18.1. The standard InChI is InChI=1S/C66H41N5/c1-5-19-43(20-6-1)48-27-17-29-50(39-48)67-57-42-61-55(41-54(57)45-23-9-3-10-24-45)64-59(70(61)51-30-18-28-49(40-51)44-21-7-2-8-22-44)37-35-46-36-38-60-63(62(46)64)53-32-14-16-34-58(53)71(60)66-68-56-33-15-13-31-52(56)65(69-66)47-25-11-4-12-26-47/h1-9,11-23,25-42,67H. The second kappa shape index (κ2) is 16.5. The van der Waals surface area contributed by atoms with E-state index in [2.05, 4.69) is 251 Å². The highest BCUT2D eigenvalue weighted by Gasteiger charge is 2.24. The lowest BCUT2D eigenvalue weighted by atomic mass is 9.96. The summed E-state index contributed by atoms with van der Waals surface area (Å²) in [5.74, 6) is 0.630. The molecule has 0 amide bonds. The van der Waals surface area contributed by atoms with Gasteiger partial charge in [-0.2, -0.15) is 0 Å². The third-order valence-electron chi connectivity index (χ3n) is 13.9. The van der Waals surface area contributed by atoms with Crippen LogP contribution in [0.5, 0.6) is 0 Å². The number of benzene rings is 10. The Balaban J connectivity index is 1.09. The first kappa shape index (κ1) is 40.3. The average molecular weight is 904 g/mol. The SMILES string of the molecule is c1cccc(-c2cc3c4c5c(ccc4n(-c4cccc(-c6ccccc6)c4)c3cc2Nc2cccc(-c3ccccc3)c2)ccc2c5c3ccccc3n2-c2nc(-c3ccccc3)c3ccccc3n2)c#1. The van der Waals surface area contributed by atoms with Gasteiger partial charge in [-0.05, 0) is 100 Å². The minimum absolute atomic E-state index is 0.630. The summed E-state index contributed by atoms with van der Waals surface area (Å²) in [6.45, 7) is 0. The molecule has 11 aromatic carbocycles. The van der Waals surface area contributed by atoms with E-state index in [0.717, 1.165) is 105 Å². The van der Waals surface area contributed by atoms with Crippen molar-refractivity contribution in [1.82, 2.24) is 19.1 Å². The van der Waals surface area contributed by atoms with Crippen LogP contribution in [-0.4, -0.2) is 19.1 Å². The van der Waals surface area contributed by atoms with Crippen LogP contribution in [0.15, 0.2) is 243 Å². The first-order valence-corrected chi connectivity index (χ1v) is 24.0. The van der Waals surface area contributed by atoms with Crippen molar-refractivity contribution in [2.24, 2.45) is 0 Å². The van der Waals surface area contributed by atoms with Crippen LogP contribution in [0.3, 0.4) is 0 Å². The van der Waals surface area contributed by atoms with Crippen LogP contribution in [0.4, 0.5) is 11.4 Å². The van der Waals surface area contributed by atoms with E-state index in [1.165, 1.54) is 21.9 Å². The molecule has 0 atom stereocenters. The normalized spacial score (nSPS) is 11.5. The van der Waals surface area contributed by atoms with Crippen molar-refractivity contribution in [3.05, 3.63) is 255 Å². The van der Waals surface area contributed by atoms with Crippen LogP contribution in [0.1, 0.15) is 0 Å². The fourth-order valence-corrected chi connectivity index (χ4v) is 10.8. The molecule has 0 unspecified atom stereocenters. The zero-order valence-corrected chi connectivity index (χ0v) is 38.4. The van der Waals surface area contributed by atoms with Crippen molar-refractivity contribution in [2.75, 3.05) is 5.32 Å². The van der Waals surface area contributed by atoms with Crippen molar-refractivity contribution in [3.63, 3.8) is 0 Å². The van der Waals surface area contributed by atoms with Crippen molar-refractivity contribution in [1.29, 1.82) is 0 Å². The van der Waals surface area contributed by atoms with E-state index in [0.29, 0.717) is 5.95 Å². The van der Waals surface area contributed by atoms with Crippen LogP contribution in [0, 0.1) is 12.1 Å². The molecular formula is C66H41N5. The third-order valence-corrected chi connectivity index (χ3v) is 13.9. The second-order valence-corrected chi connectivity index (χ2v) is 18.1. The summed E-state index contributed by atoms with van der Waals surface area (Å²) in [7, 11) is 0. The monoisotopic (exact) mass is 903 g/mol. The summed E-state index contributed by atoms with van der Waals surface area (Å²) >= 11 is 0. The Morgan fingerprint density at radius 3 is 1.77 bits per heavy atom. The number of anilines is 2. The predicted molar refractivity (Wildman–Crippen MR) is 295 cm³/mol. The molecule has 5 nitrogen and oxygen atoms in total. The zero-order valence-electron chi connectivity index (χ0n) is 38.4. The van der Waals surface area contributed by atoms with Crippen LogP contribution in [-0.2, 0) is 0 Å². The van der Waals surface area contributed by atoms with Gasteiger partial charge in [0.05, 0.1) is 33.3 Å². The first-order valence-electron chi connectivity index (χ1n) is 24.0. The molecule has 0 saturated heterocycles. The van der Waals surface area contributed by atoms with Crippen LogP contribution in [0.2, 0.25) is 0 Å². The molecular weight excluding hydrogens is 863 g/mol. The van der Waals surface area contributed by atoms with Gasteiger partial charge in [-0.15, -0.1) is 0 Å². The molecule has 3 aromatic heterocycles. The minimum atomic E-state index is 0.630. The summed E-state index contributed by atoms with van der Waals surface area (Å²) < 4.78 is 4.71. The van der Waals surface area contributed by atoms with Gasteiger partial charge < -0.3 is 9.88 Å². The van der Waals surface area contributed by atoms with Crippen molar-refractivity contribution < 1.29 is 0 Å². The highest BCUT2D eigenvalue weighted by atomic mass is 15.2. The number of nitrogens with zero attached hydrogens (tertiary/aromatic N) is 4. The summed E-state index contributed by atoms with van der Waals surface area (Å²) in [5.41, 5.74) is 16.7. The average Bonchev–Trinajstić information content (AvgIpc) is 3.96. The number of fused-ring (bicyclic) bond motifs is 10. The molecule has 14 aromatic rings. The first-order chi connectivity index (χ1) is 35.2. The Morgan fingerprint density at radius 1 is 0.394 bits per heavy atom. The van der Waals surface area contributed by atoms with Gasteiger partial charge in [0.2, 0.25) is 5.95 Å². The van der Waals surface area contributed by atoms with Gasteiger partial charge in [-0.1, -0.05) is 182 Å². The molecule has 14 rings (SSSR count). The molecule has 0 fully saturated rings. The van der Waals surface area contributed by atoms with Crippen LogP contribution < -0.4 is 5.32 Å². The van der Waals surface area contributed by atoms with Gasteiger partial charge in [-0.25, -0.2) is 9.97 Å². The van der Waals surface area contributed by atoms with Crippen LogP contribution in [0.25, 0.3) is 122 Å². The molecule has 0 aliphatic carbocycles. The Hall–Kier alpha value is -9.76. The van der Waals surface area contributed by atoms with Gasteiger partial charge in [0.15, 0.2) is 0 Å². The highest BCUT2D eigenvalue weighted by Crippen LogP contribution is 2.46. The Kier molecular flexibility index (Phi) is 9.36. The predicted octanol–water partition coefficient (Wildman–Crippen LogP) is 17.0. The molecule has 3 heterocycles. The summed E-state index contributed by atoms with van der Waals surface area (Å²) in [5, 5.41) is 11.8. The molecule has 330 valence electrons. The maximum Gasteiger partial charge on any atom is 0.235 e. The van der Waals surface area contributed by atoms with E-state index in [4.69, 9.17) is 9.97 Å². The molecule has 71 heavy (non-hydrogen) atoms. The number of hydrogen-bond donors (Lipinski definition) is 1. The number of para-hydroxylation sites is 2. The molecule has 0 aliphatic heterocycles. The lowest BCUT2D eigenvalue weighted by Gasteiger charge is -2.15. The Labute approximate surface area is 410 Å². The fraction of sp³-hybridized carbons (Fsp3) is 0. The number of nitrogens with one attached hydrogen (secondary N) is 1. The summed E-state index contributed by atoms with van der Waals surface area (Å²) in [6, 6.07) is 92.8. The maximum atomic E-state index is 5.43. The van der Waals surface area contributed by atoms with E-state index in [1.54, 1.807) is 0 Å².